The second kappa shape index (κ2) is 6.24. The zero-order chi connectivity index (χ0) is 15.4. The Hall–Kier alpha value is -2.29. The van der Waals surface area contributed by atoms with Crippen LogP contribution in [0.4, 0.5) is 13.2 Å². The molecule has 0 saturated carbocycles. The minimum Gasteiger partial charge on any atom is -0.503 e. The molecule has 110 valence electrons. The van der Waals surface area contributed by atoms with Crippen molar-refractivity contribution in [1.29, 1.82) is 0 Å². The molecule has 1 aromatic carbocycles. The molecular weight excluding hydrogens is 283 g/mol. The summed E-state index contributed by atoms with van der Waals surface area (Å²) in [5.41, 5.74) is -0.939. The lowest BCUT2D eigenvalue weighted by Gasteiger charge is -2.09. The van der Waals surface area contributed by atoms with Gasteiger partial charge in [-0.15, -0.1) is 0 Å². The molecule has 0 aliphatic carbocycles. The summed E-state index contributed by atoms with van der Waals surface area (Å²) in [5, 5.41) is 28.2. The van der Waals surface area contributed by atoms with E-state index in [-0.39, 0.29) is 19.0 Å². The van der Waals surface area contributed by atoms with E-state index < -0.39 is 46.7 Å². The first-order valence-electron chi connectivity index (χ1n) is 5.31. The molecule has 0 radical (unpaired) electrons. The number of aliphatic carboxylic acids is 1. The molecule has 9 heteroatoms. The summed E-state index contributed by atoms with van der Waals surface area (Å²) in [6.45, 7) is -0.342. The molecule has 1 amide bonds. The molecule has 0 aromatic heterocycles. The predicted molar refractivity (Wildman–Crippen MR) is 58.6 cm³/mol. The Balaban J connectivity index is 2.76. The molecule has 0 heterocycles. The monoisotopic (exact) mass is 293 g/mol. The molecule has 1 rings (SSSR count). The molecule has 0 bridgehead atoms. The van der Waals surface area contributed by atoms with E-state index in [1.54, 1.807) is 0 Å². The number of nitrogens with one attached hydrogen (secondary N) is 1. The van der Waals surface area contributed by atoms with Crippen molar-refractivity contribution in [3.8, 4) is 5.75 Å². The highest BCUT2D eigenvalue weighted by atomic mass is 19.2. The number of benzene rings is 1. The average molecular weight is 293 g/mol. The number of hydrogen-bond donors (Lipinski definition) is 4. The minimum atomic E-state index is -1.82. The summed E-state index contributed by atoms with van der Waals surface area (Å²) in [6, 6.07) is 0.257. The number of aliphatic hydroxyl groups is 1. The fourth-order valence-corrected chi connectivity index (χ4v) is 1.30. The third-order valence-electron chi connectivity index (χ3n) is 2.37. The normalized spacial score (nSPS) is 12.0. The highest BCUT2D eigenvalue weighted by molar-refractivity contribution is 5.95. The number of carbonyl (C=O) groups is 2. The van der Waals surface area contributed by atoms with E-state index in [1.165, 1.54) is 0 Å². The summed E-state index contributed by atoms with van der Waals surface area (Å²) in [5.74, 6) is -9.38. The number of rotatable bonds is 5. The van der Waals surface area contributed by atoms with Crippen LogP contribution in [0.2, 0.25) is 0 Å². The Labute approximate surface area is 110 Å². The van der Waals surface area contributed by atoms with E-state index in [9.17, 15) is 22.8 Å². The molecule has 0 aliphatic rings. The zero-order valence-electron chi connectivity index (χ0n) is 9.86. The van der Waals surface area contributed by atoms with Gasteiger partial charge in [-0.05, 0) is 6.07 Å². The van der Waals surface area contributed by atoms with Crippen LogP contribution in [-0.4, -0.2) is 39.8 Å². The number of phenolic OH excluding ortho intramolecular Hbond substituents is 1. The van der Waals surface area contributed by atoms with Gasteiger partial charge in [0.2, 0.25) is 5.82 Å². The third-order valence-corrected chi connectivity index (χ3v) is 2.37. The van der Waals surface area contributed by atoms with Gasteiger partial charge in [-0.3, -0.25) is 4.79 Å². The van der Waals surface area contributed by atoms with Crippen LogP contribution in [-0.2, 0) is 4.79 Å². The number of aromatic hydroxyl groups is 1. The maximum absolute atomic E-state index is 13.3. The number of carboxylic acids is 1. The predicted octanol–water partition coefficient (Wildman–Crippen LogP) is 0.375. The maximum Gasteiger partial charge on any atom is 0.332 e. The van der Waals surface area contributed by atoms with Gasteiger partial charge in [0.05, 0.1) is 5.56 Å². The lowest BCUT2D eigenvalue weighted by molar-refractivity contribution is -0.146. The summed E-state index contributed by atoms with van der Waals surface area (Å²) in [7, 11) is 0. The van der Waals surface area contributed by atoms with Crippen LogP contribution in [0.15, 0.2) is 6.07 Å². The van der Waals surface area contributed by atoms with Gasteiger partial charge in [0, 0.05) is 13.0 Å². The van der Waals surface area contributed by atoms with E-state index in [2.05, 4.69) is 0 Å². The summed E-state index contributed by atoms with van der Waals surface area (Å²) < 4.78 is 39.1. The van der Waals surface area contributed by atoms with Crippen LogP contribution in [0.25, 0.3) is 0 Å². The molecule has 1 unspecified atom stereocenters. The largest absolute Gasteiger partial charge is 0.503 e. The first kappa shape index (κ1) is 15.8. The first-order valence-corrected chi connectivity index (χ1v) is 5.31. The smallest absolute Gasteiger partial charge is 0.332 e. The van der Waals surface area contributed by atoms with E-state index in [0.29, 0.717) is 0 Å². The van der Waals surface area contributed by atoms with Gasteiger partial charge in [-0.1, -0.05) is 0 Å². The van der Waals surface area contributed by atoms with Crippen molar-refractivity contribution in [3.63, 3.8) is 0 Å². The highest BCUT2D eigenvalue weighted by Crippen LogP contribution is 2.25. The van der Waals surface area contributed by atoms with Crippen LogP contribution in [0.1, 0.15) is 16.8 Å². The highest BCUT2D eigenvalue weighted by Gasteiger charge is 2.22. The molecule has 0 fully saturated rings. The van der Waals surface area contributed by atoms with E-state index >= 15 is 0 Å². The number of amides is 1. The van der Waals surface area contributed by atoms with E-state index in [0.717, 1.165) is 0 Å². The SMILES string of the molecule is O=C(NCCC(O)C(=O)O)c1cc(F)c(F)c(O)c1F. The molecule has 0 spiro atoms. The average Bonchev–Trinajstić information content (AvgIpc) is 2.39. The topological polar surface area (TPSA) is 107 Å². The molecule has 0 aliphatic heterocycles. The van der Waals surface area contributed by atoms with Crippen LogP contribution in [0.3, 0.4) is 0 Å². The first-order chi connectivity index (χ1) is 9.25. The Kier molecular flexibility index (Phi) is 4.92. The molecule has 4 N–H and O–H groups in total. The summed E-state index contributed by atoms with van der Waals surface area (Å²) >= 11 is 0. The molecule has 1 aromatic rings. The van der Waals surface area contributed by atoms with Crippen molar-refractivity contribution < 1.29 is 38.1 Å². The molecular formula is C11H10F3NO5. The van der Waals surface area contributed by atoms with Gasteiger partial charge in [0.1, 0.15) is 0 Å². The van der Waals surface area contributed by atoms with Crippen LogP contribution >= 0.6 is 0 Å². The van der Waals surface area contributed by atoms with Crippen LogP contribution < -0.4 is 5.32 Å². The van der Waals surface area contributed by atoms with Gasteiger partial charge in [0.25, 0.3) is 5.91 Å². The lowest BCUT2D eigenvalue weighted by atomic mass is 10.1. The van der Waals surface area contributed by atoms with Crippen molar-refractivity contribution in [2.45, 2.75) is 12.5 Å². The Bertz CT molecular complexity index is 549. The second-order valence-corrected chi connectivity index (χ2v) is 3.78. The van der Waals surface area contributed by atoms with Crippen molar-refractivity contribution in [2.24, 2.45) is 0 Å². The van der Waals surface area contributed by atoms with E-state index in [1.807, 2.05) is 5.32 Å². The van der Waals surface area contributed by atoms with Gasteiger partial charge < -0.3 is 20.6 Å². The molecule has 0 saturated heterocycles. The Morgan fingerprint density at radius 1 is 1.25 bits per heavy atom. The molecule has 6 nitrogen and oxygen atoms in total. The Morgan fingerprint density at radius 2 is 1.85 bits per heavy atom. The number of carbonyl (C=O) groups excluding carboxylic acids is 1. The van der Waals surface area contributed by atoms with Gasteiger partial charge in [0.15, 0.2) is 23.5 Å². The number of phenols is 1. The van der Waals surface area contributed by atoms with Crippen molar-refractivity contribution >= 4 is 11.9 Å². The fraction of sp³-hybridized carbons (Fsp3) is 0.273. The molecule has 1 atom stereocenters. The minimum absolute atomic E-state index is 0.257. The number of aliphatic hydroxyl groups excluding tert-OH is 1. The lowest BCUT2D eigenvalue weighted by Crippen LogP contribution is -2.30. The standard InChI is InChI=1S/C11H10F3NO5/c12-5-3-4(7(13)9(17)8(5)14)10(18)15-2-1-6(16)11(19)20/h3,6,16-17H,1-2H2,(H,15,18)(H,19,20). The second-order valence-electron chi connectivity index (χ2n) is 3.78. The maximum atomic E-state index is 13.3. The van der Waals surface area contributed by atoms with Crippen LogP contribution in [0.5, 0.6) is 5.75 Å². The van der Waals surface area contributed by atoms with Crippen molar-refractivity contribution in [1.82, 2.24) is 5.32 Å². The van der Waals surface area contributed by atoms with Gasteiger partial charge >= 0.3 is 5.97 Å². The van der Waals surface area contributed by atoms with Crippen molar-refractivity contribution in [2.75, 3.05) is 6.54 Å². The number of hydrogen-bond acceptors (Lipinski definition) is 4. The molecule has 20 heavy (non-hydrogen) atoms. The van der Waals surface area contributed by atoms with Crippen LogP contribution in [0, 0.1) is 17.5 Å². The van der Waals surface area contributed by atoms with E-state index in [4.69, 9.17) is 15.3 Å². The van der Waals surface area contributed by atoms with Crippen molar-refractivity contribution in [3.05, 3.63) is 29.1 Å². The fourth-order valence-electron chi connectivity index (χ4n) is 1.30. The zero-order valence-corrected chi connectivity index (χ0v) is 9.86. The Morgan fingerprint density at radius 3 is 2.40 bits per heavy atom. The van der Waals surface area contributed by atoms with Gasteiger partial charge in [-0.25, -0.2) is 13.6 Å². The number of carboxylic acid groups (broad SMARTS) is 1. The quantitative estimate of drug-likeness (QED) is 0.587. The number of halogens is 3. The van der Waals surface area contributed by atoms with Gasteiger partial charge in [-0.2, -0.15) is 4.39 Å². The third kappa shape index (κ3) is 3.38. The summed E-state index contributed by atoms with van der Waals surface area (Å²) in [6.07, 6.45) is -2.09. The summed E-state index contributed by atoms with van der Waals surface area (Å²) in [4.78, 5) is 21.7.